The van der Waals surface area contributed by atoms with Gasteiger partial charge in [-0.05, 0) is 36.6 Å². The number of anilines is 2. The topological polar surface area (TPSA) is 21.8 Å². The Bertz CT molecular complexity index is 649. The lowest BCUT2D eigenvalue weighted by molar-refractivity contribution is -0.218. The van der Waals surface area contributed by atoms with Gasteiger partial charge in [-0.25, -0.2) is 5.01 Å². The standard InChI is InChI=1S/C19H27F3N4/c1-15(10-13-24(3)19(20,21)22)17-9-8-16(23-2)14-18(17)25(4)26-11-6-5-7-12-26/h8-10,13-14,23H,1,5-7,11-12H2,2-4H3/b13-10-. The molecule has 0 amide bonds. The maximum absolute atomic E-state index is 12.7. The van der Waals surface area contributed by atoms with E-state index in [1.54, 1.807) is 0 Å². The molecule has 0 aromatic heterocycles. The van der Waals surface area contributed by atoms with Crippen LogP contribution in [0.5, 0.6) is 0 Å². The smallest absolute Gasteiger partial charge is 0.388 e. The monoisotopic (exact) mass is 368 g/mol. The number of nitrogens with zero attached hydrogens (tertiary/aromatic N) is 3. The molecule has 1 N–H and O–H groups in total. The van der Waals surface area contributed by atoms with E-state index in [-0.39, 0.29) is 4.90 Å². The van der Waals surface area contributed by atoms with Crippen molar-refractivity contribution in [3.05, 3.63) is 42.6 Å². The second kappa shape index (κ2) is 8.49. The lowest BCUT2D eigenvalue weighted by atomic mass is 10.0. The minimum absolute atomic E-state index is 0.216. The number of hydrazine groups is 1. The molecule has 1 fully saturated rings. The quantitative estimate of drug-likeness (QED) is 0.588. The van der Waals surface area contributed by atoms with E-state index < -0.39 is 6.30 Å². The molecule has 7 heteroatoms. The minimum Gasteiger partial charge on any atom is -0.388 e. The van der Waals surface area contributed by atoms with Gasteiger partial charge in [0.15, 0.2) is 0 Å². The van der Waals surface area contributed by atoms with Crippen LogP contribution in [0.1, 0.15) is 24.8 Å². The molecule has 0 atom stereocenters. The number of alkyl halides is 3. The highest BCUT2D eigenvalue weighted by molar-refractivity contribution is 5.82. The second-order valence-corrected chi connectivity index (χ2v) is 6.44. The average molecular weight is 368 g/mol. The van der Waals surface area contributed by atoms with Crippen LogP contribution < -0.4 is 10.3 Å². The fourth-order valence-electron chi connectivity index (χ4n) is 2.93. The molecule has 1 aliphatic heterocycles. The highest BCUT2D eigenvalue weighted by Crippen LogP contribution is 2.32. The van der Waals surface area contributed by atoms with Gasteiger partial charge in [-0.15, -0.1) is 0 Å². The van der Waals surface area contributed by atoms with Gasteiger partial charge in [-0.1, -0.05) is 19.1 Å². The van der Waals surface area contributed by atoms with Crippen molar-refractivity contribution in [1.82, 2.24) is 9.91 Å². The number of allylic oxidation sites excluding steroid dienone is 2. The average Bonchev–Trinajstić information content (AvgIpc) is 2.64. The first-order valence-electron chi connectivity index (χ1n) is 8.71. The van der Waals surface area contributed by atoms with Gasteiger partial charge < -0.3 is 10.3 Å². The van der Waals surface area contributed by atoms with Crippen molar-refractivity contribution in [3.63, 3.8) is 0 Å². The predicted octanol–water partition coefficient (Wildman–Crippen LogP) is 4.54. The van der Waals surface area contributed by atoms with Gasteiger partial charge in [0.25, 0.3) is 0 Å². The van der Waals surface area contributed by atoms with Crippen molar-refractivity contribution in [1.29, 1.82) is 0 Å². The van der Waals surface area contributed by atoms with Crippen LogP contribution in [-0.2, 0) is 0 Å². The molecule has 1 heterocycles. The van der Waals surface area contributed by atoms with Crippen molar-refractivity contribution in [2.45, 2.75) is 25.6 Å². The van der Waals surface area contributed by atoms with Crippen LogP contribution in [-0.4, -0.2) is 50.4 Å². The molecule has 1 aromatic rings. The van der Waals surface area contributed by atoms with Crippen molar-refractivity contribution in [3.8, 4) is 0 Å². The Hall–Kier alpha value is -2.15. The van der Waals surface area contributed by atoms with E-state index in [9.17, 15) is 13.2 Å². The zero-order valence-corrected chi connectivity index (χ0v) is 15.6. The Morgan fingerprint density at radius 1 is 1.19 bits per heavy atom. The van der Waals surface area contributed by atoms with Crippen LogP contribution in [0.15, 0.2) is 37.1 Å². The summed E-state index contributed by atoms with van der Waals surface area (Å²) in [6.45, 7) is 5.92. The summed E-state index contributed by atoms with van der Waals surface area (Å²) in [6.07, 6.45) is 1.51. The summed E-state index contributed by atoms with van der Waals surface area (Å²) < 4.78 is 38.0. The molecule has 1 aliphatic rings. The Kier molecular flexibility index (Phi) is 6.58. The molecular formula is C19H27F3N4. The third-order valence-electron chi connectivity index (χ3n) is 4.64. The SMILES string of the molecule is C=C(/C=C\N(C)C(F)(F)F)c1ccc(NC)cc1N(C)N1CCCCC1. The first-order valence-corrected chi connectivity index (χ1v) is 8.71. The van der Waals surface area contributed by atoms with Crippen LogP contribution in [0.3, 0.4) is 0 Å². The van der Waals surface area contributed by atoms with Crippen LogP contribution in [0.2, 0.25) is 0 Å². The minimum atomic E-state index is -4.40. The second-order valence-electron chi connectivity index (χ2n) is 6.44. The van der Waals surface area contributed by atoms with Gasteiger partial charge in [0.05, 0.1) is 5.69 Å². The van der Waals surface area contributed by atoms with Crippen molar-refractivity contribution < 1.29 is 13.2 Å². The largest absolute Gasteiger partial charge is 0.484 e. The summed E-state index contributed by atoms with van der Waals surface area (Å²) in [5.41, 5.74) is 3.20. The number of hydrogen-bond donors (Lipinski definition) is 1. The highest BCUT2D eigenvalue weighted by Gasteiger charge is 2.31. The van der Waals surface area contributed by atoms with Crippen LogP contribution in [0, 0.1) is 0 Å². The van der Waals surface area contributed by atoms with E-state index in [0.717, 1.165) is 56.1 Å². The third-order valence-corrected chi connectivity index (χ3v) is 4.64. The summed E-state index contributed by atoms with van der Waals surface area (Å²) in [6, 6.07) is 5.79. The van der Waals surface area contributed by atoms with E-state index in [0.29, 0.717) is 5.57 Å². The molecule has 26 heavy (non-hydrogen) atoms. The number of hydrogen-bond acceptors (Lipinski definition) is 4. The molecule has 0 radical (unpaired) electrons. The fraction of sp³-hybridized carbons (Fsp3) is 0.474. The Morgan fingerprint density at radius 2 is 1.85 bits per heavy atom. The van der Waals surface area contributed by atoms with Crippen LogP contribution in [0.25, 0.3) is 5.57 Å². The van der Waals surface area contributed by atoms with Crippen molar-refractivity contribution in [2.75, 3.05) is 44.6 Å². The summed E-state index contributed by atoms with van der Waals surface area (Å²) >= 11 is 0. The van der Waals surface area contributed by atoms with Crippen LogP contribution in [0.4, 0.5) is 24.5 Å². The molecular weight excluding hydrogens is 341 g/mol. The number of nitrogens with one attached hydrogen (secondary N) is 1. The van der Waals surface area contributed by atoms with E-state index in [1.807, 2.05) is 32.3 Å². The molecule has 0 spiro atoms. The Morgan fingerprint density at radius 3 is 2.42 bits per heavy atom. The van der Waals surface area contributed by atoms with Gasteiger partial charge in [0, 0.05) is 51.7 Å². The summed E-state index contributed by atoms with van der Waals surface area (Å²) in [4.78, 5) is 0.216. The normalized spacial score (nSPS) is 15.9. The summed E-state index contributed by atoms with van der Waals surface area (Å²) in [7, 11) is 4.81. The maximum Gasteiger partial charge on any atom is 0.484 e. The molecule has 1 aromatic carbocycles. The van der Waals surface area contributed by atoms with Crippen LogP contribution >= 0.6 is 0 Å². The third kappa shape index (κ3) is 4.94. The van der Waals surface area contributed by atoms with Gasteiger partial charge in [0.1, 0.15) is 0 Å². The Labute approximate surface area is 153 Å². The summed E-state index contributed by atoms with van der Waals surface area (Å²) in [5.74, 6) is 0. The Balaban J connectivity index is 2.29. The lowest BCUT2D eigenvalue weighted by Crippen LogP contribution is -2.43. The molecule has 4 nitrogen and oxygen atoms in total. The van der Waals surface area contributed by atoms with E-state index in [1.165, 1.54) is 12.5 Å². The zero-order valence-electron chi connectivity index (χ0n) is 15.6. The number of rotatable bonds is 6. The first kappa shape index (κ1) is 20.2. The first-order chi connectivity index (χ1) is 12.2. The van der Waals surface area contributed by atoms with E-state index in [4.69, 9.17) is 0 Å². The molecule has 0 unspecified atom stereocenters. The maximum atomic E-state index is 12.7. The van der Waals surface area contributed by atoms with Gasteiger partial charge in [0.2, 0.25) is 0 Å². The molecule has 2 rings (SSSR count). The van der Waals surface area contributed by atoms with Crippen molar-refractivity contribution in [2.24, 2.45) is 0 Å². The molecule has 1 saturated heterocycles. The molecule has 0 saturated carbocycles. The van der Waals surface area contributed by atoms with E-state index in [2.05, 4.69) is 21.9 Å². The predicted molar refractivity (Wildman–Crippen MR) is 102 cm³/mol. The van der Waals surface area contributed by atoms with Gasteiger partial charge in [-0.2, -0.15) is 13.2 Å². The lowest BCUT2D eigenvalue weighted by Gasteiger charge is -2.37. The summed E-state index contributed by atoms with van der Waals surface area (Å²) in [5, 5.41) is 7.46. The van der Waals surface area contributed by atoms with Gasteiger partial charge in [-0.3, -0.25) is 4.90 Å². The number of halogens is 3. The van der Waals surface area contributed by atoms with Gasteiger partial charge >= 0.3 is 6.30 Å². The molecule has 0 bridgehead atoms. The number of piperidine rings is 1. The fourth-order valence-corrected chi connectivity index (χ4v) is 2.93. The zero-order chi connectivity index (χ0) is 19.3. The number of benzene rings is 1. The molecule has 144 valence electrons. The van der Waals surface area contributed by atoms with E-state index >= 15 is 0 Å². The molecule has 0 aliphatic carbocycles. The highest BCUT2D eigenvalue weighted by atomic mass is 19.4. The van der Waals surface area contributed by atoms with Crippen molar-refractivity contribution >= 4 is 16.9 Å².